The molecule has 176 valence electrons. The van der Waals surface area contributed by atoms with Gasteiger partial charge in [0.1, 0.15) is 12.6 Å². The van der Waals surface area contributed by atoms with Crippen LogP contribution in [0.15, 0.2) is 48.5 Å². The van der Waals surface area contributed by atoms with Gasteiger partial charge in [-0.1, -0.05) is 69.3 Å². The van der Waals surface area contributed by atoms with Crippen molar-refractivity contribution in [3.05, 3.63) is 59.7 Å². The van der Waals surface area contributed by atoms with E-state index < -0.39 is 34.8 Å². The van der Waals surface area contributed by atoms with E-state index in [1.165, 1.54) is 0 Å². The molecule has 0 saturated carbocycles. The number of hydrogen-bond donors (Lipinski definition) is 3. The van der Waals surface area contributed by atoms with Gasteiger partial charge in [-0.15, -0.1) is 0 Å². The predicted octanol–water partition coefficient (Wildman–Crippen LogP) is 4.17. The lowest BCUT2D eigenvalue weighted by atomic mass is 9.85. The second-order valence-electron chi connectivity index (χ2n) is 10.2. The van der Waals surface area contributed by atoms with Gasteiger partial charge in [-0.2, -0.15) is 0 Å². The smallest absolute Gasteiger partial charge is 0.407 e. The number of rotatable bonds is 7. The summed E-state index contributed by atoms with van der Waals surface area (Å²) >= 11 is 0. The van der Waals surface area contributed by atoms with Crippen molar-refractivity contribution in [1.82, 2.24) is 10.6 Å². The minimum absolute atomic E-state index is 0.00594. The zero-order chi connectivity index (χ0) is 24.4. The molecule has 0 saturated heterocycles. The molecule has 1 aliphatic carbocycles. The molecule has 0 fully saturated rings. The molecule has 2 amide bonds. The standard InChI is InChI=1S/C26H32N2O5/c1-25(2,3)21(22(29)30)28-23(31)26(4,5)15-27-24(32)33-14-20-18-12-8-6-10-16(18)17-11-7-9-13-19(17)20/h6-13,20-21H,14-15H2,1-5H3,(H,27,32)(H,28,31)(H,29,30)/t21-/m0/s1. The largest absolute Gasteiger partial charge is 0.480 e. The third-order valence-corrected chi connectivity index (χ3v) is 6.02. The first-order valence-electron chi connectivity index (χ1n) is 11.0. The van der Waals surface area contributed by atoms with Crippen molar-refractivity contribution in [3.63, 3.8) is 0 Å². The van der Waals surface area contributed by atoms with Crippen LogP contribution in [0.4, 0.5) is 4.79 Å². The highest BCUT2D eigenvalue weighted by atomic mass is 16.5. The Morgan fingerprint density at radius 3 is 1.94 bits per heavy atom. The van der Waals surface area contributed by atoms with Gasteiger partial charge in [-0.05, 0) is 41.5 Å². The van der Waals surface area contributed by atoms with Crippen molar-refractivity contribution >= 4 is 18.0 Å². The summed E-state index contributed by atoms with van der Waals surface area (Å²) in [7, 11) is 0. The van der Waals surface area contributed by atoms with Gasteiger partial charge < -0.3 is 20.5 Å². The van der Waals surface area contributed by atoms with Crippen LogP contribution in [0.5, 0.6) is 0 Å². The van der Waals surface area contributed by atoms with Crippen LogP contribution in [0.1, 0.15) is 51.7 Å². The van der Waals surface area contributed by atoms with Crippen LogP contribution in [-0.4, -0.2) is 42.3 Å². The molecular formula is C26H32N2O5. The minimum atomic E-state index is -1.10. The number of fused-ring (bicyclic) bond motifs is 3. The number of carbonyl (C=O) groups is 3. The summed E-state index contributed by atoms with van der Waals surface area (Å²) < 4.78 is 5.51. The molecule has 2 aromatic rings. The Bertz CT molecular complexity index is 1010. The van der Waals surface area contributed by atoms with E-state index in [1.54, 1.807) is 34.6 Å². The van der Waals surface area contributed by atoms with E-state index in [4.69, 9.17) is 4.74 Å². The Labute approximate surface area is 194 Å². The van der Waals surface area contributed by atoms with Crippen LogP contribution in [-0.2, 0) is 14.3 Å². The van der Waals surface area contributed by atoms with Gasteiger partial charge >= 0.3 is 12.1 Å². The average Bonchev–Trinajstić information content (AvgIpc) is 3.07. The van der Waals surface area contributed by atoms with Crippen molar-refractivity contribution in [3.8, 4) is 11.1 Å². The number of alkyl carbamates (subject to hydrolysis) is 1. The molecule has 0 spiro atoms. The Morgan fingerprint density at radius 1 is 0.939 bits per heavy atom. The minimum Gasteiger partial charge on any atom is -0.480 e. The predicted molar refractivity (Wildman–Crippen MR) is 126 cm³/mol. The molecule has 0 bridgehead atoms. The summed E-state index contributed by atoms with van der Waals surface area (Å²) in [6.45, 7) is 8.71. The molecule has 0 unspecified atom stereocenters. The first-order valence-corrected chi connectivity index (χ1v) is 11.0. The molecule has 0 aliphatic heterocycles. The highest BCUT2D eigenvalue weighted by Gasteiger charge is 2.37. The maximum absolute atomic E-state index is 12.7. The Balaban J connectivity index is 1.58. The quantitative estimate of drug-likeness (QED) is 0.585. The summed E-state index contributed by atoms with van der Waals surface area (Å²) in [6.07, 6.45) is -0.622. The number of nitrogens with one attached hydrogen (secondary N) is 2. The van der Waals surface area contributed by atoms with E-state index in [1.807, 2.05) is 36.4 Å². The molecule has 1 aliphatic rings. The summed E-state index contributed by atoms with van der Waals surface area (Å²) in [6, 6.07) is 15.1. The van der Waals surface area contributed by atoms with E-state index >= 15 is 0 Å². The van der Waals surface area contributed by atoms with E-state index in [2.05, 4.69) is 22.8 Å². The monoisotopic (exact) mass is 452 g/mol. The lowest BCUT2D eigenvalue weighted by Crippen LogP contribution is -2.54. The Hall–Kier alpha value is -3.35. The van der Waals surface area contributed by atoms with Crippen molar-refractivity contribution < 1.29 is 24.2 Å². The number of carbonyl (C=O) groups excluding carboxylic acids is 2. The zero-order valence-electron chi connectivity index (χ0n) is 19.8. The number of amides is 2. The molecular weight excluding hydrogens is 420 g/mol. The van der Waals surface area contributed by atoms with Gasteiger partial charge in [-0.3, -0.25) is 4.79 Å². The van der Waals surface area contributed by atoms with Crippen molar-refractivity contribution in [2.45, 2.75) is 46.6 Å². The number of benzene rings is 2. The van der Waals surface area contributed by atoms with E-state index in [0.29, 0.717) is 0 Å². The summed E-state index contributed by atoms with van der Waals surface area (Å²) in [5.74, 6) is -1.61. The topological polar surface area (TPSA) is 105 Å². The van der Waals surface area contributed by atoms with E-state index in [0.717, 1.165) is 22.3 Å². The van der Waals surface area contributed by atoms with Crippen LogP contribution < -0.4 is 10.6 Å². The van der Waals surface area contributed by atoms with Crippen LogP contribution in [0.3, 0.4) is 0 Å². The molecule has 2 aromatic carbocycles. The lowest BCUT2D eigenvalue weighted by molar-refractivity contribution is -0.146. The summed E-state index contributed by atoms with van der Waals surface area (Å²) in [4.78, 5) is 36.7. The molecule has 33 heavy (non-hydrogen) atoms. The third kappa shape index (κ3) is 5.35. The first kappa shape index (κ1) is 24.3. The fourth-order valence-corrected chi connectivity index (χ4v) is 4.00. The highest BCUT2D eigenvalue weighted by Crippen LogP contribution is 2.44. The van der Waals surface area contributed by atoms with E-state index in [-0.39, 0.29) is 19.1 Å². The first-order chi connectivity index (χ1) is 15.4. The molecule has 1 atom stereocenters. The van der Waals surface area contributed by atoms with Gasteiger partial charge in [0, 0.05) is 12.5 Å². The van der Waals surface area contributed by atoms with Crippen LogP contribution >= 0.6 is 0 Å². The second kappa shape index (κ2) is 9.25. The molecule has 0 radical (unpaired) electrons. The SMILES string of the molecule is CC(C)(CNC(=O)OCC1c2ccccc2-c2ccccc21)C(=O)N[C@@H](C(=O)O)C(C)(C)C. The van der Waals surface area contributed by atoms with Crippen LogP contribution in [0.25, 0.3) is 11.1 Å². The fraction of sp³-hybridized carbons (Fsp3) is 0.423. The second-order valence-corrected chi connectivity index (χ2v) is 10.2. The molecule has 0 aromatic heterocycles. The van der Waals surface area contributed by atoms with Crippen molar-refractivity contribution in [2.24, 2.45) is 10.8 Å². The van der Waals surface area contributed by atoms with Gasteiger partial charge in [-0.25, -0.2) is 9.59 Å². The Kier molecular flexibility index (Phi) is 6.81. The van der Waals surface area contributed by atoms with Gasteiger partial charge in [0.05, 0.1) is 5.41 Å². The normalized spacial score (nSPS) is 14.1. The maximum Gasteiger partial charge on any atom is 0.407 e. The Morgan fingerprint density at radius 2 is 1.45 bits per heavy atom. The van der Waals surface area contributed by atoms with Gasteiger partial charge in [0.15, 0.2) is 0 Å². The van der Waals surface area contributed by atoms with E-state index in [9.17, 15) is 19.5 Å². The zero-order valence-corrected chi connectivity index (χ0v) is 19.8. The number of hydrogen-bond acceptors (Lipinski definition) is 4. The molecule has 3 N–H and O–H groups in total. The van der Waals surface area contributed by atoms with Gasteiger partial charge in [0.25, 0.3) is 0 Å². The number of aliphatic carboxylic acids is 1. The number of carboxylic acid groups (broad SMARTS) is 1. The summed E-state index contributed by atoms with van der Waals surface area (Å²) in [5, 5.41) is 14.7. The fourth-order valence-electron chi connectivity index (χ4n) is 4.00. The summed E-state index contributed by atoms with van der Waals surface area (Å²) in [5.41, 5.74) is 2.85. The molecule has 3 rings (SSSR count). The van der Waals surface area contributed by atoms with Crippen LogP contribution in [0.2, 0.25) is 0 Å². The van der Waals surface area contributed by atoms with Gasteiger partial charge in [0.2, 0.25) is 5.91 Å². The molecule has 7 heteroatoms. The third-order valence-electron chi connectivity index (χ3n) is 6.02. The van der Waals surface area contributed by atoms with Crippen molar-refractivity contribution in [2.75, 3.05) is 13.2 Å². The molecule has 7 nitrogen and oxygen atoms in total. The highest BCUT2D eigenvalue weighted by molar-refractivity contribution is 5.88. The average molecular weight is 453 g/mol. The maximum atomic E-state index is 12.7. The number of ether oxygens (including phenoxy) is 1. The lowest BCUT2D eigenvalue weighted by Gasteiger charge is -2.32. The van der Waals surface area contributed by atoms with Crippen molar-refractivity contribution in [1.29, 1.82) is 0 Å². The number of carboxylic acids is 1. The molecule has 0 heterocycles. The van der Waals surface area contributed by atoms with Crippen LogP contribution in [0, 0.1) is 10.8 Å².